The van der Waals surface area contributed by atoms with E-state index in [0.29, 0.717) is 42.2 Å². The van der Waals surface area contributed by atoms with E-state index in [2.05, 4.69) is 19.6 Å². The van der Waals surface area contributed by atoms with E-state index in [9.17, 15) is 30.2 Å². The van der Waals surface area contributed by atoms with Crippen LogP contribution in [-0.4, -0.2) is 102 Å². The van der Waals surface area contributed by atoms with Crippen molar-refractivity contribution >= 4 is 17.5 Å². The number of carbonyl (C=O) groups is 1. The number of rotatable bonds is 34. The second-order valence-corrected chi connectivity index (χ2v) is 19.2. The van der Waals surface area contributed by atoms with Crippen molar-refractivity contribution in [1.82, 2.24) is 4.90 Å². The number of hydrogen-bond donors (Lipinski definition) is 3. The van der Waals surface area contributed by atoms with E-state index in [-0.39, 0.29) is 89.3 Å². The highest BCUT2D eigenvalue weighted by molar-refractivity contribution is 6.03. The number of aliphatic hydroxyl groups excluding tert-OH is 3. The smallest absolute Gasteiger partial charge is 0.410 e. The number of non-ortho nitro benzene ring substituents is 1. The minimum atomic E-state index is -1.54. The van der Waals surface area contributed by atoms with Crippen molar-refractivity contribution in [3.8, 4) is 17.2 Å². The van der Waals surface area contributed by atoms with Crippen molar-refractivity contribution in [3.63, 3.8) is 0 Å². The Labute approximate surface area is 426 Å². The molecule has 0 aromatic heterocycles. The quantitative estimate of drug-likeness (QED) is 0.0222. The zero-order valence-corrected chi connectivity index (χ0v) is 42.4. The van der Waals surface area contributed by atoms with Crippen LogP contribution < -0.4 is 9.47 Å². The molecule has 1 aliphatic heterocycles. The molecular weight excluding hydrogens is 919 g/mol. The summed E-state index contributed by atoms with van der Waals surface area (Å²) in [6, 6.07) is 20.5. The van der Waals surface area contributed by atoms with Crippen LogP contribution in [0.4, 0.5) is 10.5 Å². The van der Waals surface area contributed by atoms with Gasteiger partial charge in [-0.15, -0.1) is 6.58 Å². The van der Waals surface area contributed by atoms with E-state index in [1.807, 2.05) is 42.5 Å². The first-order valence-corrected chi connectivity index (χ1v) is 26.6. The number of carbonyl (C=O) groups excluding carboxylic acids is 1. The lowest BCUT2D eigenvalue weighted by molar-refractivity contribution is -0.384. The molecule has 0 radical (unpaired) electrons. The van der Waals surface area contributed by atoms with E-state index in [0.717, 1.165) is 61.6 Å². The van der Waals surface area contributed by atoms with Crippen LogP contribution in [0.3, 0.4) is 0 Å². The second-order valence-electron chi connectivity index (χ2n) is 19.2. The molecule has 3 aromatic carbocycles. The van der Waals surface area contributed by atoms with Gasteiger partial charge in [-0.3, -0.25) is 15.0 Å². The van der Waals surface area contributed by atoms with E-state index in [4.69, 9.17) is 33.7 Å². The summed E-state index contributed by atoms with van der Waals surface area (Å²) in [4.78, 5) is 34.0. The Morgan fingerprint density at radius 2 is 1.57 bits per heavy atom. The van der Waals surface area contributed by atoms with Crippen molar-refractivity contribution in [1.29, 1.82) is 0 Å². The van der Waals surface area contributed by atoms with E-state index >= 15 is 0 Å². The maximum Gasteiger partial charge on any atom is 0.410 e. The number of fused-ring (bicyclic) bond motifs is 2. The van der Waals surface area contributed by atoms with Crippen LogP contribution in [0.5, 0.6) is 17.2 Å². The first kappa shape index (κ1) is 56.0. The van der Waals surface area contributed by atoms with Crippen LogP contribution in [-0.2, 0) is 25.7 Å². The standard InChI is InChI=1S/C57H79N3O12/c1-3-5-6-7-8-9-10-11-12-20-35-68-56(64)59(30-36-67-37-33-63)53-41-51(58-70-42-43-22-14-13-15-23-43)49-38-44(24-16-18-31-61)48(27-17-19-32-62)54-50-40-47(71-46-26-21-25-45(39-46)60(65)66)28-29-52(50)72-57(53,55(49)54)69-34-4-2/h4,13-15,21-23,25-26,28-29,38-40,44,48,53-55,61-63H,2-3,5-12,16-20,24,27,30-37,41-42H2,1H3/t44-,48+,53-,54+,55+,57+/m0/s1. The molecule has 0 saturated heterocycles. The third-order valence-corrected chi connectivity index (χ3v) is 14.2. The van der Waals surface area contributed by atoms with Gasteiger partial charge < -0.3 is 43.8 Å². The summed E-state index contributed by atoms with van der Waals surface area (Å²) in [5.41, 5.74) is 3.16. The van der Waals surface area contributed by atoms with Crippen molar-refractivity contribution in [2.24, 2.45) is 22.9 Å². The third kappa shape index (κ3) is 15.4. The molecule has 15 heteroatoms. The summed E-state index contributed by atoms with van der Waals surface area (Å²) in [5, 5.41) is 46.4. The molecule has 1 saturated carbocycles. The van der Waals surface area contributed by atoms with Gasteiger partial charge in [0.05, 0.1) is 55.7 Å². The fourth-order valence-electron chi connectivity index (χ4n) is 10.8. The number of ether oxygens (including phenoxy) is 5. The van der Waals surface area contributed by atoms with Crippen molar-refractivity contribution in [2.45, 2.75) is 140 Å². The lowest BCUT2D eigenvalue weighted by Crippen LogP contribution is -2.70. The molecular formula is C57H79N3O12. The number of nitro benzene ring substituents is 1. The molecule has 2 aliphatic carbocycles. The van der Waals surface area contributed by atoms with Crippen LogP contribution in [0, 0.1) is 27.9 Å². The van der Waals surface area contributed by atoms with Crippen LogP contribution in [0.2, 0.25) is 0 Å². The lowest BCUT2D eigenvalue weighted by atomic mass is 9.55. The van der Waals surface area contributed by atoms with Gasteiger partial charge in [0.15, 0.2) is 0 Å². The van der Waals surface area contributed by atoms with Gasteiger partial charge >= 0.3 is 6.09 Å². The molecule has 15 nitrogen and oxygen atoms in total. The van der Waals surface area contributed by atoms with Crippen molar-refractivity contribution in [3.05, 3.63) is 118 Å². The number of aliphatic hydroxyl groups is 3. The fraction of sp³-hybridized carbons (Fsp3) is 0.579. The molecule has 3 aliphatic rings. The molecule has 0 unspecified atom stereocenters. The topological polar surface area (TPSA) is 192 Å². The summed E-state index contributed by atoms with van der Waals surface area (Å²) in [5.74, 6) is -1.28. The first-order chi connectivity index (χ1) is 35.3. The van der Waals surface area contributed by atoms with E-state index in [1.54, 1.807) is 29.2 Å². The molecule has 1 fully saturated rings. The maximum absolute atomic E-state index is 14.9. The summed E-state index contributed by atoms with van der Waals surface area (Å²) >= 11 is 0. The zero-order valence-electron chi connectivity index (χ0n) is 42.4. The molecule has 1 amide bonds. The minimum absolute atomic E-state index is 0.0132. The molecule has 3 N–H and O–H groups in total. The van der Waals surface area contributed by atoms with Crippen LogP contribution in [0.15, 0.2) is 102 Å². The predicted molar refractivity (Wildman–Crippen MR) is 277 cm³/mol. The highest BCUT2D eigenvalue weighted by atomic mass is 16.7. The van der Waals surface area contributed by atoms with Gasteiger partial charge in [0, 0.05) is 43.7 Å². The normalized spacial score (nSPS) is 21.5. The number of unbranched alkanes of at least 4 members (excludes halogenated alkanes) is 11. The summed E-state index contributed by atoms with van der Waals surface area (Å²) in [7, 11) is 0. The Hall–Kier alpha value is -5.32. The van der Waals surface area contributed by atoms with E-state index in [1.165, 1.54) is 50.7 Å². The number of nitrogens with zero attached hydrogens (tertiary/aromatic N) is 3. The SMILES string of the molecule is C=CCO[C@@]12Oc3ccc(Oc4cccc([N+](=O)[O-])c4)cc3[C@H]3[C@H](CCCCO)[C@@H](CCCCO)C=C(C(=NOCc4ccccc4)C[C@@H]1N(CCOCCO)C(=O)OCCCCCCCCCCCC)[C@H]32. The Bertz CT molecular complexity index is 2190. The Balaban J connectivity index is 1.46. The predicted octanol–water partition coefficient (Wildman–Crippen LogP) is 11.6. The number of hydrogen-bond acceptors (Lipinski definition) is 13. The van der Waals surface area contributed by atoms with Crippen molar-refractivity contribution < 1.29 is 53.6 Å². The zero-order chi connectivity index (χ0) is 51.0. The monoisotopic (exact) mass is 998 g/mol. The van der Waals surface area contributed by atoms with Crippen LogP contribution in [0.1, 0.15) is 133 Å². The minimum Gasteiger partial charge on any atom is -0.459 e. The number of amides is 1. The van der Waals surface area contributed by atoms with Gasteiger partial charge in [-0.25, -0.2) is 4.79 Å². The van der Waals surface area contributed by atoms with Gasteiger partial charge in [-0.05, 0) is 79.3 Å². The average molecular weight is 998 g/mol. The molecule has 72 heavy (non-hydrogen) atoms. The average Bonchev–Trinajstić information content (AvgIpc) is 3.39. The Morgan fingerprint density at radius 3 is 2.28 bits per heavy atom. The Kier molecular flexibility index (Phi) is 23.3. The highest BCUT2D eigenvalue weighted by Gasteiger charge is 2.65. The largest absolute Gasteiger partial charge is 0.459 e. The van der Waals surface area contributed by atoms with Gasteiger partial charge in [0.2, 0.25) is 5.79 Å². The second kappa shape index (κ2) is 30.0. The third-order valence-electron chi connectivity index (χ3n) is 14.2. The maximum atomic E-state index is 14.9. The van der Waals surface area contributed by atoms with Crippen LogP contribution in [0.25, 0.3) is 0 Å². The lowest BCUT2D eigenvalue weighted by Gasteiger charge is -2.59. The molecule has 1 heterocycles. The van der Waals surface area contributed by atoms with Gasteiger partial charge in [-0.2, -0.15) is 0 Å². The number of nitro groups is 1. The van der Waals surface area contributed by atoms with Gasteiger partial charge in [-0.1, -0.05) is 131 Å². The van der Waals surface area contributed by atoms with E-state index < -0.39 is 28.8 Å². The Morgan fingerprint density at radius 1 is 0.847 bits per heavy atom. The molecule has 394 valence electrons. The molecule has 6 rings (SSSR count). The number of benzene rings is 3. The number of oxime groups is 1. The van der Waals surface area contributed by atoms with Gasteiger partial charge in [0.1, 0.15) is 29.9 Å². The number of allylic oxidation sites excluding steroid dienone is 1. The summed E-state index contributed by atoms with van der Waals surface area (Å²) in [6.07, 6.45) is 19.2. The molecule has 6 atom stereocenters. The molecule has 0 bridgehead atoms. The van der Waals surface area contributed by atoms with Gasteiger partial charge in [0.25, 0.3) is 5.69 Å². The summed E-state index contributed by atoms with van der Waals surface area (Å²) in [6.45, 7) is 6.97. The van der Waals surface area contributed by atoms with Crippen molar-refractivity contribution in [2.75, 3.05) is 52.8 Å². The summed E-state index contributed by atoms with van der Waals surface area (Å²) < 4.78 is 32.9. The molecule has 0 spiro atoms. The molecule has 3 aromatic rings. The van der Waals surface area contributed by atoms with Crippen LogP contribution >= 0.6 is 0 Å². The fourth-order valence-corrected chi connectivity index (χ4v) is 10.8. The first-order valence-electron chi connectivity index (χ1n) is 26.6. The highest BCUT2D eigenvalue weighted by Crippen LogP contribution is 2.62.